The van der Waals surface area contributed by atoms with E-state index in [2.05, 4.69) is 22.6 Å². The first-order valence-electron chi connectivity index (χ1n) is 12.0. The Bertz CT molecular complexity index is 1410. The molecule has 0 bridgehead atoms. The molecular formula is C29H28N4O4. The molecule has 0 saturated heterocycles. The van der Waals surface area contributed by atoms with Gasteiger partial charge in [-0.3, -0.25) is 4.90 Å². The van der Waals surface area contributed by atoms with Crippen LogP contribution in [-0.2, 0) is 6.42 Å². The Labute approximate surface area is 215 Å². The highest BCUT2D eigenvalue weighted by Crippen LogP contribution is 2.38. The van der Waals surface area contributed by atoms with Gasteiger partial charge in [0.1, 0.15) is 11.5 Å². The third kappa shape index (κ3) is 5.04. The number of amides is 2. The summed E-state index contributed by atoms with van der Waals surface area (Å²) in [6, 6.07) is 24.5. The largest absolute Gasteiger partial charge is 0.497 e. The Morgan fingerprint density at radius 3 is 2.43 bits per heavy atom. The lowest BCUT2D eigenvalue weighted by molar-refractivity contribution is 0.205. The molecule has 0 aliphatic carbocycles. The van der Waals surface area contributed by atoms with Crippen molar-refractivity contribution in [2.75, 3.05) is 20.8 Å². The van der Waals surface area contributed by atoms with Gasteiger partial charge in [-0.1, -0.05) is 47.6 Å². The van der Waals surface area contributed by atoms with E-state index in [-0.39, 0.29) is 6.03 Å². The lowest BCUT2D eigenvalue weighted by atomic mass is 9.94. The predicted octanol–water partition coefficient (Wildman–Crippen LogP) is 5.49. The normalized spacial score (nSPS) is 15.5. The van der Waals surface area contributed by atoms with Gasteiger partial charge in [-0.15, -0.1) is 0 Å². The summed E-state index contributed by atoms with van der Waals surface area (Å²) in [7, 11) is 3.24. The van der Waals surface area contributed by atoms with Gasteiger partial charge < -0.3 is 19.3 Å². The molecule has 5 rings (SSSR count). The zero-order chi connectivity index (χ0) is 25.8. The van der Waals surface area contributed by atoms with Crippen LogP contribution in [0.5, 0.6) is 11.5 Å². The minimum Gasteiger partial charge on any atom is -0.497 e. The second kappa shape index (κ2) is 10.6. The van der Waals surface area contributed by atoms with E-state index in [1.807, 2.05) is 73.7 Å². The monoisotopic (exact) mass is 496 g/mol. The Hall–Kier alpha value is -4.59. The van der Waals surface area contributed by atoms with Crippen molar-refractivity contribution < 1.29 is 18.8 Å². The molecule has 2 heterocycles. The third-order valence-corrected chi connectivity index (χ3v) is 6.49. The minimum atomic E-state index is -0.486. The van der Waals surface area contributed by atoms with E-state index >= 15 is 0 Å². The fraction of sp³-hybridized carbons (Fsp3) is 0.207. The van der Waals surface area contributed by atoms with E-state index in [0.717, 1.165) is 33.7 Å². The molecule has 8 heteroatoms. The van der Waals surface area contributed by atoms with Crippen LogP contribution in [0.25, 0.3) is 17.0 Å². The summed E-state index contributed by atoms with van der Waals surface area (Å²) in [6.45, 7) is 2.43. The van der Waals surface area contributed by atoms with Crippen molar-refractivity contribution in [3.05, 3.63) is 102 Å². The number of nitrogens with zero attached hydrogens (tertiary/aromatic N) is 3. The van der Waals surface area contributed by atoms with Crippen molar-refractivity contribution in [3.8, 4) is 22.9 Å². The van der Waals surface area contributed by atoms with Crippen LogP contribution in [0.1, 0.15) is 30.0 Å². The highest BCUT2D eigenvalue weighted by atomic mass is 16.5. The van der Waals surface area contributed by atoms with E-state index in [1.165, 1.54) is 0 Å². The number of allylic oxidation sites excluding steroid dienone is 1. The van der Waals surface area contributed by atoms with Gasteiger partial charge in [-0.25, -0.2) is 4.79 Å². The number of urea groups is 1. The Balaban J connectivity index is 1.54. The molecule has 4 aromatic rings. The number of hydrogen-bond acceptors (Lipinski definition) is 6. The Morgan fingerprint density at radius 2 is 1.70 bits per heavy atom. The van der Waals surface area contributed by atoms with Gasteiger partial charge >= 0.3 is 6.03 Å². The van der Waals surface area contributed by atoms with Crippen LogP contribution in [0.4, 0.5) is 4.79 Å². The summed E-state index contributed by atoms with van der Waals surface area (Å²) in [4.78, 5) is 19.8. The molecule has 1 atom stereocenters. The molecule has 1 N–H and O–H groups in total. The average Bonchev–Trinajstić information content (AvgIpc) is 3.43. The van der Waals surface area contributed by atoms with Crippen LogP contribution in [0, 0.1) is 0 Å². The van der Waals surface area contributed by atoms with Crippen molar-refractivity contribution >= 4 is 11.6 Å². The number of rotatable bonds is 8. The number of aromatic nitrogens is 2. The highest BCUT2D eigenvalue weighted by molar-refractivity contribution is 5.87. The summed E-state index contributed by atoms with van der Waals surface area (Å²) in [5, 5.41) is 7.38. The third-order valence-electron chi connectivity index (χ3n) is 6.49. The summed E-state index contributed by atoms with van der Waals surface area (Å²) < 4.78 is 16.5. The number of carbonyl (C=O) groups is 1. The maximum Gasteiger partial charge on any atom is 0.322 e. The van der Waals surface area contributed by atoms with Gasteiger partial charge in [0.25, 0.3) is 5.89 Å². The van der Waals surface area contributed by atoms with Crippen LogP contribution in [0.3, 0.4) is 0 Å². The van der Waals surface area contributed by atoms with Gasteiger partial charge in [0, 0.05) is 17.8 Å². The van der Waals surface area contributed by atoms with Crippen molar-refractivity contribution in [1.29, 1.82) is 0 Å². The van der Waals surface area contributed by atoms with E-state index < -0.39 is 6.04 Å². The summed E-state index contributed by atoms with van der Waals surface area (Å²) in [5.74, 6) is 2.24. The molecule has 8 nitrogen and oxygen atoms in total. The van der Waals surface area contributed by atoms with Gasteiger partial charge in [0.2, 0.25) is 5.82 Å². The lowest BCUT2D eigenvalue weighted by Gasteiger charge is -2.35. The van der Waals surface area contributed by atoms with E-state index in [0.29, 0.717) is 30.4 Å². The molecule has 0 radical (unpaired) electrons. The lowest BCUT2D eigenvalue weighted by Crippen LogP contribution is -2.46. The van der Waals surface area contributed by atoms with Crippen molar-refractivity contribution in [3.63, 3.8) is 0 Å². The summed E-state index contributed by atoms with van der Waals surface area (Å²) in [6.07, 6.45) is 0.712. The molecule has 1 unspecified atom stereocenters. The Morgan fingerprint density at radius 1 is 0.946 bits per heavy atom. The number of carbonyl (C=O) groups excluding carboxylic acids is 1. The van der Waals surface area contributed by atoms with Crippen LogP contribution >= 0.6 is 0 Å². The van der Waals surface area contributed by atoms with Gasteiger partial charge in [0.05, 0.1) is 25.8 Å². The second-order valence-corrected chi connectivity index (χ2v) is 8.70. The zero-order valence-electron chi connectivity index (χ0n) is 21.0. The Kier molecular flexibility index (Phi) is 6.89. The van der Waals surface area contributed by atoms with Crippen molar-refractivity contribution in [2.45, 2.75) is 19.4 Å². The van der Waals surface area contributed by atoms with Crippen molar-refractivity contribution in [1.82, 2.24) is 20.4 Å². The van der Waals surface area contributed by atoms with E-state index in [9.17, 15) is 4.79 Å². The molecule has 1 aliphatic heterocycles. The first-order chi connectivity index (χ1) is 18.1. The van der Waals surface area contributed by atoms with Crippen LogP contribution in [-0.4, -0.2) is 41.8 Å². The molecule has 188 valence electrons. The molecule has 3 aromatic carbocycles. The van der Waals surface area contributed by atoms with Gasteiger partial charge in [-0.2, -0.15) is 4.98 Å². The second-order valence-electron chi connectivity index (χ2n) is 8.70. The number of hydrogen-bond donors (Lipinski definition) is 1. The number of benzene rings is 3. The van der Waals surface area contributed by atoms with Crippen LogP contribution < -0.4 is 14.8 Å². The molecule has 1 aromatic heterocycles. The van der Waals surface area contributed by atoms with Crippen LogP contribution in [0.2, 0.25) is 0 Å². The molecule has 0 spiro atoms. The van der Waals surface area contributed by atoms with Crippen molar-refractivity contribution in [2.24, 2.45) is 0 Å². The van der Waals surface area contributed by atoms with E-state index in [4.69, 9.17) is 19.0 Å². The van der Waals surface area contributed by atoms with Gasteiger partial charge in [0.15, 0.2) is 0 Å². The smallest absolute Gasteiger partial charge is 0.322 e. The number of methoxy groups -OCH3 is 2. The highest BCUT2D eigenvalue weighted by Gasteiger charge is 2.35. The fourth-order valence-electron chi connectivity index (χ4n) is 4.47. The average molecular weight is 497 g/mol. The van der Waals surface area contributed by atoms with Gasteiger partial charge in [-0.05, 0) is 60.9 Å². The maximum atomic E-state index is 13.3. The molecule has 0 fully saturated rings. The first kappa shape index (κ1) is 24.1. The van der Waals surface area contributed by atoms with Crippen LogP contribution in [0.15, 0.2) is 89.1 Å². The quantitative estimate of drug-likeness (QED) is 0.347. The number of ether oxygens (including phenoxy) is 2. The molecular weight excluding hydrogens is 468 g/mol. The first-order valence-corrected chi connectivity index (χ1v) is 12.0. The summed E-state index contributed by atoms with van der Waals surface area (Å²) in [5.41, 5.74) is 4.31. The molecule has 0 saturated carbocycles. The molecule has 1 aliphatic rings. The fourth-order valence-corrected chi connectivity index (χ4v) is 4.47. The van der Waals surface area contributed by atoms with E-state index in [1.54, 1.807) is 19.1 Å². The number of nitrogens with one attached hydrogen (secondary N) is 1. The maximum absolute atomic E-state index is 13.3. The topological polar surface area (TPSA) is 89.7 Å². The SMILES string of the molecule is COc1ccc(-c2noc(C3=C(C)N(CCc4ccccc4)C(=O)NC3c3cccc(OC)c3)n2)cc1. The standard InChI is InChI=1S/C29H28N4O4/c1-19-25(28-31-27(32-37-28)21-12-14-23(35-2)15-13-21)26(22-10-7-11-24(18-22)36-3)30-29(34)33(19)17-16-20-8-5-4-6-9-20/h4-15,18,26H,16-17H2,1-3H3,(H,30,34). The predicted molar refractivity (Wildman–Crippen MR) is 140 cm³/mol. The zero-order valence-corrected chi connectivity index (χ0v) is 21.0. The minimum absolute atomic E-state index is 0.181. The molecule has 37 heavy (non-hydrogen) atoms. The molecule has 2 amide bonds. The summed E-state index contributed by atoms with van der Waals surface area (Å²) >= 11 is 0.